The van der Waals surface area contributed by atoms with Crippen LogP contribution in [0.4, 0.5) is 24.5 Å². The van der Waals surface area contributed by atoms with Gasteiger partial charge in [-0.25, -0.2) is 0 Å². The Morgan fingerprint density at radius 3 is 2.43 bits per heavy atom. The van der Waals surface area contributed by atoms with Gasteiger partial charge in [-0.2, -0.15) is 13.2 Å². The Labute approximate surface area is 118 Å². The van der Waals surface area contributed by atoms with Gasteiger partial charge < -0.3 is 10.6 Å². The van der Waals surface area contributed by atoms with Crippen molar-refractivity contribution in [2.75, 3.05) is 17.2 Å². The molecule has 21 heavy (non-hydrogen) atoms. The second kappa shape index (κ2) is 4.64. The lowest BCUT2D eigenvalue weighted by atomic mass is 9.97. The Morgan fingerprint density at radius 2 is 1.90 bits per heavy atom. The number of carbonyl (C=O) groups excluding carboxylic acids is 2. The fourth-order valence-electron chi connectivity index (χ4n) is 2.15. The van der Waals surface area contributed by atoms with Crippen LogP contribution >= 0.6 is 0 Å². The number of rotatable bonds is 1. The molecule has 0 saturated carbocycles. The summed E-state index contributed by atoms with van der Waals surface area (Å²) in [5, 5.41) is 2.18. The zero-order valence-corrected chi connectivity index (χ0v) is 11.4. The van der Waals surface area contributed by atoms with Gasteiger partial charge in [0.25, 0.3) is 5.91 Å². The van der Waals surface area contributed by atoms with Gasteiger partial charge in [0.05, 0.1) is 23.5 Å². The van der Waals surface area contributed by atoms with Crippen molar-refractivity contribution in [2.24, 2.45) is 0 Å². The average molecular weight is 301 g/mol. The molecule has 1 fully saturated rings. The van der Waals surface area contributed by atoms with Crippen molar-refractivity contribution in [2.45, 2.75) is 25.6 Å². The largest absolute Gasteiger partial charge is 0.416 e. The third kappa shape index (κ3) is 2.65. The average Bonchev–Trinajstić information content (AvgIpc) is 2.33. The summed E-state index contributed by atoms with van der Waals surface area (Å²) in [5.74, 6) is -1.06. The van der Waals surface area contributed by atoms with E-state index in [-0.39, 0.29) is 17.9 Å². The summed E-state index contributed by atoms with van der Waals surface area (Å²) in [7, 11) is 0. The quantitative estimate of drug-likeness (QED) is 0.609. The van der Waals surface area contributed by atoms with Crippen LogP contribution in [0.15, 0.2) is 18.2 Å². The van der Waals surface area contributed by atoms with Crippen LogP contribution < -0.4 is 16.0 Å². The summed E-state index contributed by atoms with van der Waals surface area (Å²) in [5.41, 5.74) is 3.78. The highest BCUT2D eigenvalue weighted by molar-refractivity contribution is 6.07. The standard InChI is InChI=1S/C13H14F3N3O2/c1-12(2)11(21)18-10(20)6-19(12)9-4-3-7(5-8(9)17)13(14,15)16/h3-5H,6,17H2,1-2H3,(H,18,20,21). The first-order chi connectivity index (χ1) is 9.53. The van der Waals surface area contributed by atoms with Gasteiger partial charge in [-0.3, -0.25) is 14.9 Å². The van der Waals surface area contributed by atoms with Crippen LogP contribution in [-0.2, 0) is 15.8 Å². The van der Waals surface area contributed by atoms with Crippen molar-refractivity contribution in [3.8, 4) is 0 Å². The van der Waals surface area contributed by atoms with Crippen LogP contribution in [-0.4, -0.2) is 23.9 Å². The second-order valence-electron chi connectivity index (χ2n) is 5.29. The smallest absolute Gasteiger partial charge is 0.397 e. The Morgan fingerprint density at radius 1 is 1.29 bits per heavy atom. The molecule has 8 heteroatoms. The van der Waals surface area contributed by atoms with Crippen molar-refractivity contribution < 1.29 is 22.8 Å². The monoisotopic (exact) mass is 301 g/mol. The number of carbonyl (C=O) groups is 2. The first kappa shape index (κ1) is 15.1. The maximum absolute atomic E-state index is 12.6. The Hall–Kier alpha value is -2.25. The highest BCUT2D eigenvalue weighted by Crippen LogP contribution is 2.36. The highest BCUT2D eigenvalue weighted by atomic mass is 19.4. The van der Waals surface area contributed by atoms with E-state index in [1.165, 1.54) is 11.0 Å². The molecule has 0 bridgehead atoms. The lowest BCUT2D eigenvalue weighted by molar-refractivity contribution is -0.138. The third-order valence-electron chi connectivity index (χ3n) is 3.43. The molecule has 2 amide bonds. The number of piperazine rings is 1. The van der Waals surface area contributed by atoms with E-state index in [2.05, 4.69) is 5.32 Å². The minimum absolute atomic E-state index is 0.139. The zero-order chi connectivity index (χ0) is 16.0. The van der Waals surface area contributed by atoms with Gasteiger partial charge in [0.15, 0.2) is 0 Å². The van der Waals surface area contributed by atoms with E-state index >= 15 is 0 Å². The molecule has 0 unspecified atom stereocenters. The fourth-order valence-corrected chi connectivity index (χ4v) is 2.15. The molecule has 114 valence electrons. The number of nitrogens with zero attached hydrogens (tertiary/aromatic N) is 1. The number of alkyl halides is 3. The van der Waals surface area contributed by atoms with E-state index in [1.54, 1.807) is 13.8 Å². The summed E-state index contributed by atoms with van der Waals surface area (Å²) in [6.45, 7) is 2.96. The van der Waals surface area contributed by atoms with E-state index < -0.39 is 29.1 Å². The number of hydrogen-bond donors (Lipinski definition) is 2. The van der Waals surface area contributed by atoms with Crippen LogP contribution in [0, 0.1) is 0 Å². The SMILES string of the molecule is CC1(C)C(=O)NC(=O)CN1c1ccc(C(F)(F)F)cc1N. The number of nitrogens with two attached hydrogens (primary N) is 1. The number of benzene rings is 1. The first-order valence-electron chi connectivity index (χ1n) is 6.12. The van der Waals surface area contributed by atoms with Crippen LogP contribution in [0.5, 0.6) is 0 Å². The number of nitrogen functional groups attached to an aromatic ring is 1. The molecule has 1 aromatic rings. The minimum atomic E-state index is -4.50. The lowest BCUT2D eigenvalue weighted by Crippen LogP contribution is -2.64. The number of halogens is 3. The van der Waals surface area contributed by atoms with Crippen LogP contribution in [0.1, 0.15) is 19.4 Å². The highest BCUT2D eigenvalue weighted by Gasteiger charge is 2.42. The molecular weight excluding hydrogens is 287 g/mol. The van der Waals surface area contributed by atoms with Crippen molar-refractivity contribution in [1.29, 1.82) is 0 Å². The number of anilines is 2. The van der Waals surface area contributed by atoms with Crippen LogP contribution in [0.3, 0.4) is 0 Å². The molecule has 0 spiro atoms. The Bertz CT molecular complexity index is 611. The second-order valence-corrected chi connectivity index (χ2v) is 5.29. The number of nitrogens with one attached hydrogen (secondary N) is 1. The van der Waals surface area contributed by atoms with Crippen LogP contribution in [0.2, 0.25) is 0 Å². The number of amides is 2. The van der Waals surface area contributed by atoms with E-state index in [9.17, 15) is 22.8 Å². The molecule has 1 aliphatic heterocycles. The number of imide groups is 1. The zero-order valence-electron chi connectivity index (χ0n) is 11.4. The topological polar surface area (TPSA) is 75.4 Å². The van der Waals surface area contributed by atoms with Gasteiger partial charge >= 0.3 is 6.18 Å². The van der Waals surface area contributed by atoms with Gasteiger partial charge in [-0.15, -0.1) is 0 Å². The molecule has 0 radical (unpaired) electrons. The lowest BCUT2D eigenvalue weighted by Gasteiger charge is -2.42. The van der Waals surface area contributed by atoms with Gasteiger partial charge in [0.1, 0.15) is 5.54 Å². The van der Waals surface area contributed by atoms with Gasteiger partial charge in [-0.05, 0) is 32.0 Å². The summed E-state index contributed by atoms with van der Waals surface area (Å²) in [6, 6.07) is 2.84. The van der Waals surface area contributed by atoms with Crippen molar-refractivity contribution in [3.63, 3.8) is 0 Å². The van der Waals surface area contributed by atoms with E-state index in [0.717, 1.165) is 12.1 Å². The predicted molar refractivity (Wildman–Crippen MR) is 70.4 cm³/mol. The molecule has 1 aliphatic rings. The van der Waals surface area contributed by atoms with E-state index in [0.29, 0.717) is 0 Å². The molecule has 3 N–H and O–H groups in total. The number of hydrogen-bond acceptors (Lipinski definition) is 4. The molecule has 0 atom stereocenters. The molecule has 1 heterocycles. The normalized spacial score (nSPS) is 18.6. The molecule has 1 aromatic carbocycles. The van der Waals surface area contributed by atoms with Crippen molar-refractivity contribution in [3.05, 3.63) is 23.8 Å². The van der Waals surface area contributed by atoms with E-state index in [4.69, 9.17) is 5.73 Å². The summed E-state index contributed by atoms with van der Waals surface area (Å²) >= 11 is 0. The van der Waals surface area contributed by atoms with Gasteiger partial charge in [0.2, 0.25) is 5.91 Å². The third-order valence-corrected chi connectivity index (χ3v) is 3.43. The molecule has 0 aromatic heterocycles. The van der Waals surface area contributed by atoms with E-state index in [1.807, 2.05) is 0 Å². The van der Waals surface area contributed by atoms with Gasteiger partial charge in [0, 0.05) is 0 Å². The summed E-state index contributed by atoms with van der Waals surface area (Å²) in [6.07, 6.45) is -4.50. The predicted octanol–water partition coefficient (Wildman–Crippen LogP) is 1.53. The molecule has 5 nitrogen and oxygen atoms in total. The van der Waals surface area contributed by atoms with Crippen molar-refractivity contribution in [1.82, 2.24) is 5.32 Å². The summed E-state index contributed by atoms with van der Waals surface area (Å²) in [4.78, 5) is 24.7. The first-order valence-corrected chi connectivity index (χ1v) is 6.12. The van der Waals surface area contributed by atoms with Gasteiger partial charge in [-0.1, -0.05) is 0 Å². The Kier molecular flexibility index (Phi) is 3.35. The molecule has 1 saturated heterocycles. The summed E-state index contributed by atoms with van der Waals surface area (Å²) < 4.78 is 37.9. The van der Waals surface area contributed by atoms with Crippen LogP contribution in [0.25, 0.3) is 0 Å². The maximum atomic E-state index is 12.6. The molecule has 0 aliphatic carbocycles. The Balaban J connectivity index is 2.46. The minimum Gasteiger partial charge on any atom is -0.397 e. The molecular formula is C13H14F3N3O2. The maximum Gasteiger partial charge on any atom is 0.416 e. The molecule has 2 rings (SSSR count). The fraction of sp³-hybridized carbons (Fsp3) is 0.385. The van der Waals surface area contributed by atoms with Crippen molar-refractivity contribution >= 4 is 23.2 Å².